The van der Waals surface area contributed by atoms with Gasteiger partial charge in [0.1, 0.15) is 5.69 Å². The molecule has 0 radical (unpaired) electrons. The van der Waals surface area contributed by atoms with Gasteiger partial charge in [0.25, 0.3) is 5.91 Å². The molecule has 1 aromatic carbocycles. The van der Waals surface area contributed by atoms with Crippen molar-refractivity contribution in [3.63, 3.8) is 0 Å². The molecule has 0 saturated heterocycles. The molecule has 2 aromatic heterocycles. The predicted molar refractivity (Wildman–Crippen MR) is 76.7 cm³/mol. The number of rotatable bonds is 3. The normalized spacial score (nSPS) is 10.3. The van der Waals surface area contributed by atoms with E-state index >= 15 is 0 Å². The van der Waals surface area contributed by atoms with E-state index in [4.69, 9.17) is 4.42 Å². The second kappa shape index (κ2) is 5.54. The maximum atomic E-state index is 11.9. The van der Waals surface area contributed by atoms with Gasteiger partial charge in [0.2, 0.25) is 5.89 Å². The van der Waals surface area contributed by atoms with E-state index in [1.165, 1.54) is 0 Å². The van der Waals surface area contributed by atoms with Crippen molar-refractivity contribution < 1.29 is 9.21 Å². The highest BCUT2D eigenvalue weighted by Gasteiger charge is 2.13. The number of aromatic nitrogens is 3. The van der Waals surface area contributed by atoms with Crippen LogP contribution in [0.2, 0.25) is 0 Å². The zero-order chi connectivity index (χ0) is 14.7. The van der Waals surface area contributed by atoms with Crippen LogP contribution in [0.3, 0.4) is 0 Å². The molecule has 0 spiro atoms. The lowest BCUT2D eigenvalue weighted by Crippen LogP contribution is -2.13. The highest BCUT2D eigenvalue weighted by atomic mass is 16.4. The maximum absolute atomic E-state index is 11.9. The molecule has 0 aliphatic heterocycles. The number of aryl methyl sites for hydroxylation is 1. The van der Waals surface area contributed by atoms with Crippen molar-refractivity contribution in [2.45, 2.75) is 6.92 Å². The van der Waals surface area contributed by atoms with Crippen molar-refractivity contribution >= 4 is 11.9 Å². The molecule has 0 fully saturated rings. The summed E-state index contributed by atoms with van der Waals surface area (Å²) in [6.07, 6.45) is 1.54. The van der Waals surface area contributed by atoms with Gasteiger partial charge in [0.05, 0.1) is 0 Å². The van der Waals surface area contributed by atoms with Gasteiger partial charge in [-0.3, -0.25) is 15.1 Å². The van der Waals surface area contributed by atoms with E-state index in [0.717, 1.165) is 11.1 Å². The number of carbonyl (C=O) groups is 1. The van der Waals surface area contributed by atoms with E-state index in [1.807, 2.05) is 31.2 Å². The van der Waals surface area contributed by atoms with Crippen molar-refractivity contribution in [3.8, 4) is 11.5 Å². The zero-order valence-electron chi connectivity index (χ0n) is 11.3. The molecule has 21 heavy (non-hydrogen) atoms. The average molecular weight is 280 g/mol. The first-order chi connectivity index (χ1) is 10.2. The minimum absolute atomic E-state index is 0.0428. The largest absolute Gasteiger partial charge is 0.403 e. The minimum Gasteiger partial charge on any atom is -0.403 e. The van der Waals surface area contributed by atoms with Crippen LogP contribution in [0.1, 0.15) is 16.1 Å². The lowest BCUT2D eigenvalue weighted by atomic mass is 10.1. The molecule has 0 bridgehead atoms. The molecule has 3 aromatic rings. The molecule has 0 unspecified atom stereocenters. The first kappa shape index (κ1) is 13.0. The molecule has 0 saturated carbocycles. The van der Waals surface area contributed by atoms with E-state index in [2.05, 4.69) is 20.5 Å². The Balaban J connectivity index is 1.76. The Labute approximate surface area is 120 Å². The quantitative estimate of drug-likeness (QED) is 0.797. The summed E-state index contributed by atoms with van der Waals surface area (Å²) < 4.78 is 5.42. The van der Waals surface area contributed by atoms with E-state index < -0.39 is 5.91 Å². The van der Waals surface area contributed by atoms with Crippen LogP contribution in [0, 0.1) is 6.92 Å². The monoisotopic (exact) mass is 280 g/mol. The number of anilines is 1. The van der Waals surface area contributed by atoms with Crippen LogP contribution < -0.4 is 5.32 Å². The summed E-state index contributed by atoms with van der Waals surface area (Å²) in [6, 6.07) is 12.8. The molecular weight excluding hydrogens is 268 g/mol. The summed E-state index contributed by atoms with van der Waals surface area (Å²) in [5, 5.41) is 10.2. The third-order valence-corrected chi connectivity index (χ3v) is 2.84. The molecular formula is C15H12N4O2. The Morgan fingerprint density at radius 3 is 2.62 bits per heavy atom. The summed E-state index contributed by atoms with van der Waals surface area (Å²) in [5.74, 6) is -0.0407. The van der Waals surface area contributed by atoms with Crippen molar-refractivity contribution in [2.24, 2.45) is 0 Å². The summed E-state index contributed by atoms with van der Waals surface area (Å²) >= 11 is 0. The SMILES string of the molecule is Cc1ccc(-c2nnc(NC(=O)c3ccccn3)o2)cc1. The number of pyridine rings is 1. The maximum Gasteiger partial charge on any atom is 0.322 e. The van der Waals surface area contributed by atoms with Gasteiger partial charge in [-0.1, -0.05) is 28.9 Å². The van der Waals surface area contributed by atoms with Gasteiger partial charge in [-0.2, -0.15) is 0 Å². The molecule has 104 valence electrons. The van der Waals surface area contributed by atoms with Gasteiger partial charge in [0, 0.05) is 11.8 Å². The molecule has 0 aliphatic rings. The summed E-state index contributed by atoms with van der Waals surface area (Å²) in [6.45, 7) is 2.00. The Kier molecular flexibility index (Phi) is 3.42. The second-order valence-electron chi connectivity index (χ2n) is 4.45. The lowest BCUT2D eigenvalue weighted by molar-refractivity contribution is 0.101. The second-order valence-corrected chi connectivity index (χ2v) is 4.45. The highest BCUT2D eigenvalue weighted by molar-refractivity contribution is 6.01. The van der Waals surface area contributed by atoms with Crippen molar-refractivity contribution in [1.82, 2.24) is 15.2 Å². The lowest BCUT2D eigenvalue weighted by Gasteiger charge is -1.98. The van der Waals surface area contributed by atoms with Gasteiger partial charge in [-0.05, 0) is 31.2 Å². The molecule has 6 nitrogen and oxygen atoms in total. The standard InChI is InChI=1S/C15H12N4O2/c1-10-5-7-11(8-6-10)14-18-19-15(21-14)17-13(20)12-4-2-3-9-16-12/h2-9H,1H3,(H,17,19,20). The van der Waals surface area contributed by atoms with Crippen LogP contribution in [-0.4, -0.2) is 21.1 Å². The van der Waals surface area contributed by atoms with E-state index in [-0.39, 0.29) is 11.7 Å². The Bertz CT molecular complexity index is 751. The van der Waals surface area contributed by atoms with Crippen LogP contribution in [-0.2, 0) is 0 Å². The van der Waals surface area contributed by atoms with Crippen molar-refractivity contribution in [2.75, 3.05) is 5.32 Å². The Morgan fingerprint density at radius 1 is 1.10 bits per heavy atom. The Hall–Kier alpha value is -3.02. The van der Waals surface area contributed by atoms with E-state index in [0.29, 0.717) is 5.89 Å². The number of nitrogens with zero attached hydrogens (tertiary/aromatic N) is 3. The fraction of sp³-hybridized carbons (Fsp3) is 0.0667. The number of nitrogens with one attached hydrogen (secondary N) is 1. The molecule has 1 amide bonds. The fourth-order valence-corrected chi connectivity index (χ4v) is 1.74. The van der Waals surface area contributed by atoms with Crippen LogP contribution >= 0.6 is 0 Å². The third-order valence-electron chi connectivity index (χ3n) is 2.84. The molecule has 6 heteroatoms. The molecule has 2 heterocycles. The number of amides is 1. The minimum atomic E-state index is -0.394. The third kappa shape index (κ3) is 2.94. The molecule has 3 rings (SSSR count). The summed E-state index contributed by atoms with van der Waals surface area (Å²) in [5.41, 5.74) is 2.22. The number of carbonyl (C=O) groups excluding carboxylic acids is 1. The van der Waals surface area contributed by atoms with Gasteiger partial charge in [-0.25, -0.2) is 0 Å². The first-order valence-corrected chi connectivity index (χ1v) is 6.35. The van der Waals surface area contributed by atoms with E-state index in [1.54, 1.807) is 24.4 Å². The van der Waals surface area contributed by atoms with Gasteiger partial charge < -0.3 is 4.42 Å². The molecule has 0 aliphatic carbocycles. The Morgan fingerprint density at radius 2 is 1.90 bits per heavy atom. The molecule has 1 N–H and O–H groups in total. The highest BCUT2D eigenvalue weighted by Crippen LogP contribution is 2.20. The van der Waals surface area contributed by atoms with E-state index in [9.17, 15) is 4.79 Å². The first-order valence-electron chi connectivity index (χ1n) is 6.35. The molecule has 0 atom stereocenters. The van der Waals surface area contributed by atoms with Crippen LogP contribution in [0.4, 0.5) is 6.01 Å². The average Bonchev–Trinajstić information content (AvgIpc) is 2.97. The fourth-order valence-electron chi connectivity index (χ4n) is 1.74. The van der Waals surface area contributed by atoms with Gasteiger partial charge in [-0.15, -0.1) is 5.10 Å². The van der Waals surface area contributed by atoms with Crippen LogP contribution in [0.15, 0.2) is 53.1 Å². The number of hydrogen-bond acceptors (Lipinski definition) is 5. The van der Waals surface area contributed by atoms with Gasteiger partial charge in [0.15, 0.2) is 0 Å². The van der Waals surface area contributed by atoms with Crippen LogP contribution in [0.5, 0.6) is 0 Å². The smallest absolute Gasteiger partial charge is 0.322 e. The number of hydrogen-bond donors (Lipinski definition) is 1. The zero-order valence-corrected chi connectivity index (χ0v) is 11.3. The number of benzene rings is 1. The summed E-state index contributed by atoms with van der Waals surface area (Å²) in [4.78, 5) is 15.9. The summed E-state index contributed by atoms with van der Waals surface area (Å²) in [7, 11) is 0. The van der Waals surface area contributed by atoms with Crippen molar-refractivity contribution in [3.05, 3.63) is 59.9 Å². The predicted octanol–water partition coefficient (Wildman–Crippen LogP) is 2.69. The van der Waals surface area contributed by atoms with Crippen molar-refractivity contribution in [1.29, 1.82) is 0 Å². The topological polar surface area (TPSA) is 80.9 Å². The van der Waals surface area contributed by atoms with Gasteiger partial charge >= 0.3 is 6.01 Å². The van der Waals surface area contributed by atoms with Crippen LogP contribution in [0.25, 0.3) is 11.5 Å².